The largest absolute Gasteiger partial charge is 0.381 e. The van der Waals surface area contributed by atoms with Gasteiger partial charge in [-0.15, -0.1) is 52.6 Å². The second-order valence-electron chi connectivity index (χ2n) is 2.32. The van der Waals surface area contributed by atoms with E-state index in [1.165, 1.54) is 25.7 Å². The molecule has 0 radical (unpaired) electrons. The van der Waals surface area contributed by atoms with Crippen LogP contribution in [0.5, 0.6) is 0 Å². The molecular formula is C16H34O. The van der Waals surface area contributed by atoms with E-state index in [0.717, 1.165) is 13.2 Å². The number of ether oxygens (including phenoxy) is 1. The summed E-state index contributed by atoms with van der Waals surface area (Å²) in [4.78, 5) is 0. The third-order valence-electron chi connectivity index (χ3n) is 1.28. The van der Waals surface area contributed by atoms with Crippen molar-refractivity contribution in [2.75, 3.05) is 13.2 Å². The van der Waals surface area contributed by atoms with Crippen molar-refractivity contribution in [2.24, 2.45) is 0 Å². The van der Waals surface area contributed by atoms with Crippen LogP contribution in [0.15, 0.2) is 52.6 Å². The molecule has 0 bridgehead atoms. The summed E-state index contributed by atoms with van der Waals surface area (Å²) in [5, 5.41) is 0. The second-order valence-corrected chi connectivity index (χ2v) is 2.32. The normalized spacial score (nSPS) is 6.24. The number of hydrogen-bond donors (Lipinski definition) is 0. The van der Waals surface area contributed by atoms with Gasteiger partial charge in [0.15, 0.2) is 0 Å². The Hall–Kier alpha value is -1.08. The lowest BCUT2D eigenvalue weighted by Crippen LogP contribution is -1.95. The number of hydrogen-bond acceptors (Lipinski definition) is 1. The van der Waals surface area contributed by atoms with Gasteiger partial charge in [0.05, 0.1) is 0 Å². The molecular weight excluding hydrogens is 208 g/mol. The summed E-state index contributed by atoms with van der Waals surface area (Å²) in [5.74, 6) is 0. The zero-order chi connectivity index (χ0) is 14.9. The lowest BCUT2D eigenvalue weighted by molar-refractivity contribution is 0.128. The highest BCUT2D eigenvalue weighted by molar-refractivity contribution is 4.33. The molecule has 0 aliphatic carbocycles. The van der Waals surface area contributed by atoms with Gasteiger partial charge in [-0.3, -0.25) is 0 Å². The Morgan fingerprint density at radius 2 is 0.824 bits per heavy atom. The van der Waals surface area contributed by atoms with E-state index in [4.69, 9.17) is 4.74 Å². The lowest BCUT2D eigenvalue weighted by Gasteiger charge is -1.99. The van der Waals surface area contributed by atoms with Gasteiger partial charge in [0.2, 0.25) is 0 Å². The smallest absolute Gasteiger partial charge is 0.0465 e. The molecule has 0 unspecified atom stereocenters. The van der Waals surface area contributed by atoms with Crippen LogP contribution in [0.3, 0.4) is 0 Å². The fourth-order valence-corrected chi connectivity index (χ4v) is 0.595. The van der Waals surface area contributed by atoms with Gasteiger partial charge in [0.25, 0.3) is 0 Å². The molecule has 0 saturated carbocycles. The van der Waals surface area contributed by atoms with Crippen LogP contribution in [-0.4, -0.2) is 13.2 Å². The minimum absolute atomic E-state index is 0.955. The summed E-state index contributed by atoms with van der Waals surface area (Å²) in [6.07, 6.45) is 4.91. The Morgan fingerprint density at radius 3 is 1.00 bits per heavy atom. The van der Waals surface area contributed by atoms with Crippen molar-refractivity contribution in [3.8, 4) is 0 Å². The average molecular weight is 242 g/mol. The predicted octanol–water partition coefficient (Wildman–Crippen LogP) is 5.81. The molecule has 0 N–H and O–H groups in total. The molecule has 0 aromatic heterocycles. The molecule has 0 aliphatic rings. The van der Waals surface area contributed by atoms with Gasteiger partial charge < -0.3 is 4.74 Å². The maximum atomic E-state index is 5.31. The van der Waals surface area contributed by atoms with E-state index in [9.17, 15) is 0 Å². The Balaban J connectivity index is -0.0000000507. The van der Waals surface area contributed by atoms with Crippen LogP contribution >= 0.6 is 0 Å². The van der Waals surface area contributed by atoms with Crippen molar-refractivity contribution in [3.63, 3.8) is 0 Å². The van der Waals surface area contributed by atoms with Crippen molar-refractivity contribution >= 4 is 0 Å². The Labute approximate surface area is 111 Å². The highest BCUT2D eigenvalue weighted by atomic mass is 16.5. The van der Waals surface area contributed by atoms with Crippen LogP contribution in [0.4, 0.5) is 0 Å². The molecule has 0 saturated heterocycles. The molecule has 0 aromatic rings. The van der Waals surface area contributed by atoms with Gasteiger partial charge >= 0.3 is 0 Å². The van der Waals surface area contributed by atoms with Gasteiger partial charge in [-0.05, 0) is 12.8 Å². The van der Waals surface area contributed by atoms with Crippen LogP contribution in [-0.2, 0) is 4.74 Å². The van der Waals surface area contributed by atoms with E-state index in [0.29, 0.717) is 0 Å². The van der Waals surface area contributed by atoms with E-state index in [2.05, 4.69) is 66.5 Å². The molecule has 1 heteroatoms. The molecule has 104 valence electrons. The highest BCUT2D eigenvalue weighted by Gasteiger charge is 1.84. The summed E-state index contributed by atoms with van der Waals surface area (Å²) >= 11 is 0. The third kappa shape index (κ3) is 103. The molecule has 0 rings (SSSR count). The van der Waals surface area contributed by atoms with E-state index in [1.54, 1.807) is 0 Å². The van der Waals surface area contributed by atoms with Crippen LogP contribution in [0.2, 0.25) is 0 Å². The molecule has 0 atom stereocenters. The molecule has 0 aliphatic heterocycles. The fourth-order valence-electron chi connectivity index (χ4n) is 0.595. The molecule has 0 aromatic carbocycles. The van der Waals surface area contributed by atoms with Crippen molar-refractivity contribution in [1.29, 1.82) is 0 Å². The zero-order valence-corrected chi connectivity index (χ0v) is 12.3. The second kappa shape index (κ2) is 82.5. The van der Waals surface area contributed by atoms with Crippen LogP contribution in [0.1, 0.15) is 39.5 Å². The van der Waals surface area contributed by atoms with Crippen LogP contribution in [0.25, 0.3) is 0 Å². The number of rotatable bonds is 6. The quantitative estimate of drug-likeness (QED) is 0.422. The Morgan fingerprint density at radius 1 is 0.588 bits per heavy atom. The first kappa shape index (κ1) is 29.7. The molecule has 0 amide bonds. The monoisotopic (exact) mass is 242 g/mol. The highest BCUT2D eigenvalue weighted by Crippen LogP contribution is 1.91. The maximum absolute atomic E-state index is 5.31. The van der Waals surface area contributed by atoms with E-state index >= 15 is 0 Å². The van der Waals surface area contributed by atoms with Crippen molar-refractivity contribution in [3.05, 3.63) is 52.6 Å². The summed E-state index contributed by atoms with van der Waals surface area (Å²) in [5.41, 5.74) is 0. The molecule has 0 heterocycles. The van der Waals surface area contributed by atoms with Gasteiger partial charge in [-0.1, -0.05) is 26.7 Å². The van der Waals surface area contributed by atoms with Gasteiger partial charge in [-0.25, -0.2) is 0 Å². The Bertz CT molecular complexity index is 67.6. The van der Waals surface area contributed by atoms with Gasteiger partial charge in [-0.2, -0.15) is 0 Å². The predicted molar refractivity (Wildman–Crippen MR) is 85.7 cm³/mol. The van der Waals surface area contributed by atoms with Crippen molar-refractivity contribution < 1.29 is 4.74 Å². The summed E-state index contributed by atoms with van der Waals surface area (Å²) < 4.78 is 5.31. The topological polar surface area (TPSA) is 9.23 Å². The SMILES string of the molecule is C=C.C=C.C=C.C=C.CCCCOCCCC. The van der Waals surface area contributed by atoms with E-state index < -0.39 is 0 Å². The number of unbranched alkanes of at least 4 members (excludes halogenated alkanes) is 2. The minimum atomic E-state index is 0.955. The summed E-state index contributed by atoms with van der Waals surface area (Å²) in [6, 6.07) is 0. The first-order valence-corrected chi connectivity index (χ1v) is 5.99. The van der Waals surface area contributed by atoms with Crippen LogP contribution in [0, 0.1) is 0 Å². The minimum Gasteiger partial charge on any atom is -0.381 e. The summed E-state index contributed by atoms with van der Waals surface area (Å²) in [7, 11) is 0. The molecule has 17 heavy (non-hydrogen) atoms. The summed E-state index contributed by atoms with van der Waals surface area (Å²) in [6.45, 7) is 30.3. The van der Waals surface area contributed by atoms with Crippen molar-refractivity contribution in [2.45, 2.75) is 39.5 Å². The molecule has 0 fully saturated rings. The maximum Gasteiger partial charge on any atom is 0.0465 e. The van der Waals surface area contributed by atoms with Gasteiger partial charge in [0.1, 0.15) is 0 Å². The van der Waals surface area contributed by atoms with Gasteiger partial charge in [0, 0.05) is 13.2 Å². The third-order valence-corrected chi connectivity index (χ3v) is 1.28. The first-order chi connectivity index (χ1) is 8.41. The molecule has 1 nitrogen and oxygen atoms in total. The zero-order valence-electron chi connectivity index (χ0n) is 12.3. The Kier molecular flexibility index (Phi) is 144. The average Bonchev–Trinajstić information content (AvgIpc) is 2.47. The van der Waals surface area contributed by atoms with Crippen LogP contribution < -0.4 is 0 Å². The van der Waals surface area contributed by atoms with E-state index in [1.807, 2.05) is 0 Å². The van der Waals surface area contributed by atoms with E-state index in [-0.39, 0.29) is 0 Å². The lowest BCUT2D eigenvalue weighted by atomic mass is 10.3. The van der Waals surface area contributed by atoms with Crippen molar-refractivity contribution in [1.82, 2.24) is 0 Å². The standard InChI is InChI=1S/C8H18O.4C2H4/c1-3-5-7-9-8-6-4-2;4*1-2/h3-8H2,1-2H3;4*1-2H2. The molecule has 0 spiro atoms. The first-order valence-electron chi connectivity index (χ1n) is 5.99. The fraction of sp³-hybridized carbons (Fsp3) is 0.500.